The first kappa shape index (κ1) is 16.1. The van der Waals surface area contributed by atoms with Gasteiger partial charge in [-0.05, 0) is 67.9 Å². The Kier molecular flexibility index (Phi) is 3.53. The van der Waals surface area contributed by atoms with E-state index in [9.17, 15) is 9.59 Å². The molecule has 0 aliphatic heterocycles. The lowest BCUT2D eigenvalue weighted by Crippen LogP contribution is -2.52. The molecular weight excluding hydrogens is 296 g/mol. The molecule has 0 amide bonds. The fourth-order valence-electron chi connectivity index (χ4n) is 6.58. The molecule has 0 radical (unpaired) electrons. The smallest absolute Gasteiger partial charge is 0.178 e. The minimum Gasteiger partial charge on any atom is -0.299 e. The van der Waals surface area contributed by atoms with Gasteiger partial charge in [-0.3, -0.25) is 9.59 Å². The highest BCUT2D eigenvalue weighted by Gasteiger charge is 2.60. The van der Waals surface area contributed by atoms with E-state index in [1.165, 1.54) is 5.57 Å². The molecule has 0 spiro atoms. The minimum absolute atomic E-state index is 0.00319. The van der Waals surface area contributed by atoms with E-state index < -0.39 is 0 Å². The molecule has 0 aromatic rings. The van der Waals surface area contributed by atoms with Crippen molar-refractivity contribution in [2.24, 2.45) is 34.5 Å². The number of ketones is 2. The highest BCUT2D eigenvalue weighted by Crippen LogP contribution is 2.65. The van der Waals surface area contributed by atoms with Gasteiger partial charge in [-0.1, -0.05) is 31.6 Å². The maximum atomic E-state index is 12.6. The van der Waals surface area contributed by atoms with Crippen molar-refractivity contribution >= 4 is 11.6 Å². The van der Waals surface area contributed by atoms with Gasteiger partial charge in [0, 0.05) is 17.3 Å². The summed E-state index contributed by atoms with van der Waals surface area (Å²) in [5, 5.41) is 0. The Morgan fingerprint density at radius 2 is 2.04 bits per heavy atom. The molecule has 3 fully saturated rings. The van der Waals surface area contributed by atoms with Gasteiger partial charge in [-0.15, -0.1) is 6.58 Å². The van der Waals surface area contributed by atoms with Gasteiger partial charge >= 0.3 is 0 Å². The number of hydrogen-bond acceptors (Lipinski definition) is 2. The molecule has 128 valence electrons. The monoisotopic (exact) mass is 324 g/mol. The van der Waals surface area contributed by atoms with Crippen molar-refractivity contribution < 1.29 is 9.59 Å². The van der Waals surface area contributed by atoms with E-state index in [0.29, 0.717) is 29.5 Å². The predicted molar refractivity (Wildman–Crippen MR) is 95.3 cm³/mol. The predicted octanol–water partition coefficient (Wildman–Crippen LogP) is 4.67. The van der Waals surface area contributed by atoms with Gasteiger partial charge in [0.25, 0.3) is 0 Å². The number of fused-ring (bicyclic) bond motifs is 5. The molecule has 24 heavy (non-hydrogen) atoms. The van der Waals surface area contributed by atoms with E-state index >= 15 is 0 Å². The van der Waals surface area contributed by atoms with Gasteiger partial charge in [0.15, 0.2) is 5.78 Å². The molecule has 4 aliphatic rings. The van der Waals surface area contributed by atoms with E-state index in [1.807, 2.05) is 12.2 Å². The number of carbonyl (C=O) groups excluding carboxylic acids is 2. The van der Waals surface area contributed by atoms with Crippen LogP contribution in [0.3, 0.4) is 0 Å². The van der Waals surface area contributed by atoms with E-state index in [-0.39, 0.29) is 16.6 Å². The minimum atomic E-state index is -0.105. The van der Waals surface area contributed by atoms with Crippen LogP contribution in [0, 0.1) is 34.5 Å². The van der Waals surface area contributed by atoms with Crippen LogP contribution in [0.15, 0.2) is 36.5 Å². The fourth-order valence-corrected chi connectivity index (χ4v) is 6.58. The lowest BCUT2D eigenvalue weighted by atomic mass is 9.45. The van der Waals surface area contributed by atoms with Crippen LogP contribution in [-0.2, 0) is 9.59 Å². The van der Waals surface area contributed by atoms with Gasteiger partial charge < -0.3 is 0 Å². The summed E-state index contributed by atoms with van der Waals surface area (Å²) in [7, 11) is 0. The van der Waals surface area contributed by atoms with Gasteiger partial charge in [0.05, 0.1) is 0 Å². The normalized spacial score (nSPS) is 46.8. The van der Waals surface area contributed by atoms with Crippen molar-refractivity contribution in [3.05, 3.63) is 36.5 Å². The standard InChI is InChI=1S/C22H28O2/c1-4-5-14-12-15-13-16(23)8-10-21(15,2)18-9-11-22(3)17(20(14)18)6-7-19(22)24/h4,8,10,13-14,17-18,20H,1,5-7,9,11-12H2,2-3H3/t14-,17+,18+,20+,21+,22+/m1/s1. The van der Waals surface area contributed by atoms with Crippen molar-refractivity contribution in [2.45, 2.75) is 52.4 Å². The number of rotatable bonds is 2. The van der Waals surface area contributed by atoms with E-state index in [1.54, 1.807) is 6.08 Å². The summed E-state index contributed by atoms with van der Waals surface area (Å²) in [5.41, 5.74) is 1.21. The third-order valence-corrected chi connectivity index (χ3v) is 7.91. The summed E-state index contributed by atoms with van der Waals surface area (Å²) >= 11 is 0. The van der Waals surface area contributed by atoms with Crippen molar-refractivity contribution in [1.82, 2.24) is 0 Å². The Morgan fingerprint density at radius 1 is 1.25 bits per heavy atom. The molecule has 0 heterocycles. The number of allylic oxidation sites excluding steroid dienone is 5. The summed E-state index contributed by atoms with van der Waals surface area (Å²) in [6.07, 6.45) is 13.8. The van der Waals surface area contributed by atoms with Gasteiger partial charge in [-0.2, -0.15) is 0 Å². The zero-order valence-corrected chi connectivity index (χ0v) is 14.9. The first-order valence-electron chi connectivity index (χ1n) is 9.48. The SMILES string of the molecule is C=CC[C@@H]1CC2=CC(=O)C=C[C@]2(C)[C@H]2CC[C@]3(C)C(=O)CC[C@H]3[C@H]12. The molecule has 0 bridgehead atoms. The van der Waals surface area contributed by atoms with Crippen LogP contribution in [0.25, 0.3) is 0 Å². The average molecular weight is 324 g/mol. The summed E-state index contributed by atoms with van der Waals surface area (Å²) < 4.78 is 0. The second-order valence-electron chi connectivity index (χ2n) is 8.88. The molecule has 0 aromatic heterocycles. The van der Waals surface area contributed by atoms with Crippen molar-refractivity contribution in [2.75, 3.05) is 0 Å². The van der Waals surface area contributed by atoms with E-state index in [2.05, 4.69) is 26.5 Å². The van der Waals surface area contributed by atoms with Crippen LogP contribution in [0.2, 0.25) is 0 Å². The number of Topliss-reactive ketones (excluding diaryl/α,β-unsaturated/α-hetero) is 1. The first-order valence-corrected chi connectivity index (χ1v) is 9.48. The summed E-state index contributed by atoms with van der Waals surface area (Å²) in [6.45, 7) is 8.53. The Morgan fingerprint density at radius 3 is 2.79 bits per heavy atom. The van der Waals surface area contributed by atoms with Crippen LogP contribution in [0.4, 0.5) is 0 Å². The maximum absolute atomic E-state index is 12.6. The lowest BCUT2D eigenvalue weighted by Gasteiger charge is -2.58. The average Bonchev–Trinajstić information content (AvgIpc) is 2.85. The molecule has 2 nitrogen and oxygen atoms in total. The zero-order valence-electron chi connectivity index (χ0n) is 14.9. The molecule has 4 rings (SSSR count). The molecule has 6 atom stereocenters. The van der Waals surface area contributed by atoms with Gasteiger partial charge in [0.2, 0.25) is 0 Å². The van der Waals surface area contributed by atoms with Crippen LogP contribution in [0.1, 0.15) is 52.4 Å². The molecule has 4 aliphatic carbocycles. The molecular formula is C22H28O2. The largest absolute Gasteiger partial charge is 0.299 e. The molecule has 2 heteroatoms. The number of carbonyl (C=O) groups is 2. The highest BCUT2D eigenvalue weighted by molar-refractivity contribution is 6.01. The van der Waals surface area contributed by atoms with Gasteiger partial charge in [0.1, 0.15) is 5.78 Å². The second-order valence-corrected chi connectivity index (χ2v) is 8.88. The van der Waals surface area contributed by atoms with Crippen LogP contribution in [-0.4, -0.2) is 11.6 Å². The molecule has 3 saturated carbocycles. The van der Waals surface area contributed by atoms with Gasteiger partial charge in [-0.25, -0.2) is 0 Å². The molecule has 0 N–H and O–H groups in total. The highest BCUT2D eigenvalue weighted by atomic mass is 16.1. The van der Waals surface area contributed by atoms with E-state index in [4.69, 9.17) is 0 Å². The molecule has 0 unspecified atom stereocenters. The molecule has 0 aromatic carbocycles. The summed E-state index contributed by atoms with van der Waals surface area (Å²) in [4.78, 5) is 24.5. The number of hydrogen-bond donors (Lipinski definition) is 0. The summed E-state index contributed by atoms with van der Waals surface area (Å²) in [5.74, 6) is 2.79. The second kappa shape index (κ2) is 5.28. The van der Waals surface area contributed by atoms with Crippen LogP contribution in [0.5, 0.6) is 0 Å². The van der Waals surface area contributed by atoms with Crippen molar-refractivity contribution in [3.63, 3.8) is 0 Å². The summed E-state index contributed by atoms with van der Waals surface area (Å²) in [6, 6.07) is 0. The van der Waals surface area contributed by atoms with Crippen LogP contribution >= 0.6 is 0 Å². The zero-order chi connectivity index (χ0) is 17.1. The van der Waals surface area contributed by atoms with E-state index in [0.717, 1.165) is 38.5 Å². The van der Waals surface area contributed by atoms with Crippen LogP contribution < -0.4 is 0 Å². The topological polar surface area (TPSA) is 34.1 Å². The third kappa shape index (κ3) is 2.01. The lowest BCUT2D eigenvalue weighted by molar-refractivity contribution is -0.133. The van der Waals surface area contributed by atoms with Crippen molar-refractivity contribution in [1.29, 1.82) is 0 Å². The Labute approximate surface area is 145 Å². The maximum Gasteiger partial charge on any atom is 0.178 e. The third-order valence-electron chi connectivity index (χ3n) is 7.91. The van der Waals surface area contributed by atoms with Crippen molar-refractivity contribution in [3.8, 4) is 0 Å². The molecule has 0 saturated heterocycles. The Bertz CT molecular complexity index is 669. The Balaban J connectivity index is 1.78. The quantitative estimate of drug-likeness (QED) is 0.692. The Hall–Kier alpha value is -1.44. The fraction of sp³-hybridized carbons (Fsp3) is 0.636. The first-order chi connectivity index (χ1) is 11.4.